The summed E-state index contributed by atoms with van der Waals surface area (Å²) in [6.45, 7) is 0. The number of nitrogens with zero attached hydrogens (tertiary/aromatic N) is 2. The molecule has 3 unspecified atom stereocenters. The highest BCUT2D eigenvalue weighted by Crippen LogP contribution is 2.64. The van der Waals surface area contributed by atoms with Gasteiger partial charge in [-0.25, -0.2) is 9.97 Å². The van der Waals surface area contributed by atoms with Crippen molar-refractivity contribution in [1.29, 1.82) is 0 Å². The van der Waals surface area contributed by atoms with Crippen LogP contribution in [0.4, 0.5) is 0 Å². The second kappa shape index (κ2) is 12.5. The van der Waals surface area contributed by atoms with Crippen molar-refractivity contribution in [3.8, 4) is 56.5 Å². The van der Waals surface area contributed by atoms with E-state index in [1.165, 1.54) is 44.2 Å². The van der Waals surface area contributed by atoms with Crippen LogP contribution in [0.5, 0.6) is 11.5 Å². The van der Waals surface area contributed by atoms with E-state index in [2.05, 4.69) is 176 Å². The molecule has 0 radical (unpaired) electrons. The van der Waals surface area contributed by atoms with Crippen LogP contribution in [0.1, 0.15) is 39.3 Å². The molecule has 0 bridgehead atoms. The van der Waals surface area contributed by atoms with Gasteiger partial charge in [0.25, 0.3) is 0 Å². The SMILES string of the molecule is C1=CC2c3ccccc3C3(c4ccccc4Oc4ccc(-c5cccc(-c6cc(-c7cc8c9c(cccc9c7)CC=C8)nc(-c7ccccc7)n6)c5)cc43)C2C=C1. The van der Waals surface area contributed by atoms with Crippen molar-refractivity contribution in [1.82, 2.24) is 9.97 Å². The summed E-state index contributed by atoms with van der Waals surface area (Å²) >= 11 is 0. The van der Waals surface area contributed by atoms with Crippen molar-refractivity contribution in [3.05, 3.63) is 221 Å². The van der Waals surface area contributed by atoms with Crippen molar-refractivity contribution in [2.24, 2.45) is 5.92 Å². The van der Waals surface area contributed by atoms with Crippen molar-refractivity contribution < 1.29 is 4.74 Å². The summed E-state index contributed by atoms with van der Waals surface area (Å²) in [6.07, 6.45) is 14.7. The molecule has 0 amide bonds. The van der Waals surface area contributed by atoms with Gasteiger partial charge in [0, 0.05) is 39.7 Å². The van der Waals surface area contributed by atoms with Crippen LogP contribution >= 0.6 is 0 Å². The van der Waals surface area contributed by atoms with Gasteiger partial charge in [-0.3, -0.25) is 0 Å². The first-order chi connectivity index (χ1) is 28.2. The molecule has 3 nitrogen and oxygen atoms in total. The molecular weight excluding hydrogens is 693 g/mol. The van der Waals surface area contributed by atoms with E-state index in [1.54, 1.807) is 0 Å². The van der Waals surface area contributed by atoms with Gasteiger partial charge in [-0.15, -0.1) is 0 Å². The van der Waals surface area contributed by atoms with Gasteiger partial charge in [-0.05, 0) is 93.0 Å². The molecule has 268 valence electrons. The first kappa shape index (κ1) is 32.2. The fourth-order valence-corrected chi connectivity index (χ4v) is 10.2. The fourth-order valence-electron chi connectivity index (χ4n) is 10.2. The molecule has 8 aromatic rings. The van der Waals surface area contributed by atoms with Gasteiger partial charge >= 0.3 is 0 Å². The Hall–Kier alpha value is -7.10. The number of ether oxygens (including phenoxy) is 1. The number of rotatable bonds is 4. The lowest BCUT2D eigenvalue weighted by atomic mass is 9.61. The van der Waals surface area contributed by atoms with Crippen LogP contribution in [-0.2, 0) is 11.8 Å². The van der Waals surface area contributed by atoms with E-state index in [9.17, 15) is 0 Å². The first-order valence-electron chi connectivity index (χ1n) is 19.9. The maximum absolute atomic E-state index is 6.74. The fraction of sp³-hybridized carbons (Fsp3) is 0.0741. The summed E-state index contributed by atoms with van der Waals surface area (Å²) < 4.78 is 6.74. The van der Waals surface area contributed by atoms with E-state index < -0.39 is 5.41 Å². The zero-order valence-corrected chi connectivity index (χ0v) is 31.1. The standard InChI is InChI=1S/C54H36N2O/c1-2-13-35(14-3-1)53-55-48(33-49(56-53)41-30-39-19-10-15-34-16-11-20-40(31-41)52(34)39)38-18-12-17-36(29-38)37-27-28-51-47(32-37)54(46-25-8-9-26-50(46)57-51)44-23-6-4-21-42(44)43-22-5-7-24-45(43)54/h1-15,17-33,42,44H,16H2. The topological polar surface area (TPSA) is 35.0 Å². The van der Waals surface area contributed by atoms with Crippen molar-refractivity contribution in [2.45, 2.75) is 17.8 Å². The average molecular weight is 729 g/mol. The van der Waals surface area contributed by atoms with E-state index >= 15 is 0 Å². The summed E-state index contributed by atoms with van der Waals surface area (Å²) in [5, 5.41) is 2.57. The van der Waals surface area contributed by atoms with Gasteiger partial charge in [0.05, 0.1) is 16.8 Å². The Morgan fingerprint density at radius 2 is 1.26 bits per heavy atom. The lowest BCUT2D eigenvalue weighted by Gasteiger charge is -2.43. The third kappa shape index (κ3) is 4.85. The van der Waals surface area contributed by atoms with E-state index in [1.807, 2.05) is 18.2 Å². The molecule has 2 heterocycles. The molecule has 1 aromatic heterocycles. The predicted molar refractivity (Wildman–Crippen MR) is 231 cm³/mol. The molecule has 3 atom stereocenters. The summed E-state index contributed by atoms with van der Waals surface area (Å²) in [5.74, 6) is 3.05. The van der Waals surface area contributed by atoms with E-state index in [0.717, 1.165) is 57.1 Å². The van der Waals surface area contributed by atoms with E-state index in [-0.39, 0.29) is 11.8 Å². The molecule has 57 heavy (non-hydrogen) atoms. The molecule has 1 aliphatic heterocycles. The van der Waals surface area contributed by atoms with Crippen molar-refractivity contribution in [3.63, 3.8) is 0 Å². The quantitative estimate of drug-likeness (QED) is 0.181. The Balaban J connectivity index is 1.02. The Labute approximate surface area is 332 Å². The summed E-state index contributed by atoms with van der Waals surface area (Å²) in [4.78, 5) is 10.4. The number of aromatic nitrogens is 2. The molecule has 1 spiro atoms. The first-order valence-corrected chi connectivity index (χ1v) is 19.9. The van der Waals surface area contributed by atoms with Crippen LogP contribution in [0, 0.1) is 5.92 Å². The zero-order chi connectivity index (χ0) is 37.5. The minimum atomic E-state index is -0.401. The van der Waals surface area contributed by atoms with Crippen LogP contribution < -0.4 is 4.74 Å². The monoisotopic (exact) mass is 728 g/mol. The minimum absolute atomic E-state index is 0.216. The molecule has 0 saturated heterocycles. The Bertz CT molecular complexity index is 3050. The van der Waals surface area contributed by atoms with Crippen LogP contribution in [0.25, 0.3) is 61.9 Å². The Morgan fingerprint density at radius 3 is 2.19 bits per heavy atom. The third-order valence-corrected chi connectivity index (χ3v) is 12.6. The van der Waals surface area contributed by atoms with Gasteiger partial charge in [-0.1, -0.05) is 152 Å². The number of hydrogen-bond donors (Lipinski definition) is 0. The molecular formula is C54H36N2O. The lowest BCUT2D eigenvalue weighted by Crippen LogP contribution is -2.37. The lowest BCUT2D eigenvalue weighted by molar-refractivity contribution is 0.374. The number of allylic oxidation sites excluding steroid dienone is 5. The molecule has 12 rings (SSSR count). The largest absolute Gasteiger partial charge is 0.457 e. The molecule has 0 fully saturated rings. The Kier molecular flexibility index (Phi) is 7.03. The summed E-state index contributed by atoms with van der Waals surface area (Å²) in [5.41, 5.74) is 14.5. The maximum atomic E-state index is 6.74. The number of para-hydroxylation sites is 1. The van der Waals surface area contributed by atoms with E-state index in [4.69, 9.17) is 14.7 Å². The second-order valence-electron chi connectivity index (χ2n) is 15.6. The third-order valence-electron chi connectivity index (χ3n) is 12.6. The molecule has 4 aliphatic rings. The molecule has 3 heteroatoms. The average Bonchev–Trinajstić information content (AvgIpc) is 3.57. The van der Waals surface area contributed by atoms with E-state index in [0.29, 0.717) is 5.82 Å². The molecule has 0 N–H and O–H groups in total. The van der Waals surface area contributed by atoms with Crippen molar-refractivity contribution >= 4 is 16.8 Å². The molecule has 3 aliphatic carbocycles. The number of fused-ring (bicyclic) bond motifs is 9. The van der Waals surface area contributed by atoms with Gasteiger partial charge in [0.15, 0.2) is 5.82 Å². The molecule has 7 aromatic carbocycles. The smallest absolute Gasteiger partial charge is 0.160 e. The summed E-state index contributed by atoms with van der Waals surface area (Å²) in [7, 11) is 0. The summed E-state index contributed by atoms with van der Waals surface area (Å²) in [6, 6.07) is 56.9. The number of hydrogen-bond acceptors (Lipinski definition) is 3. The second-order valence-corrected chi connectivity index (χ2v) is 15.6. The van der Waals surface area contributed by atoms with Crippen LogP contribution in [0.15, 0.2) is 188 Å². The van der Waals surface area contributed by atoms with Gasteiger partial charge in [0.2, 0.25) is 0 Å². The predicted octanol–water partition coefficient (Wildman–Crippen LogP) is 13.1. The highest BCUT2D eigenvalue weighted by molar-refractivity contribution is 5.98. The zero-order valence-electron chi connectivity index (χ0n) is 31.1. The van der Waals surface area contributed by atoms with Gasteiger partial charge in [0.1, 0.15) is 11.5 Å². The minimum Gasteiger partial charge on any atom is -0.457 e. The highest BCUT2D eigenvalue weighted by Gasteiger charge is 2.56. The van der Waals surface area contributed by atoms with Gasteiger partial charge in [-0.2, -0.15) is 0 Å². The van der Waals surface area contributed by atoms with Crippen molar-refractivity contribution in [2.75, 3.05) is 0 Å². The van der Waals surface area contributed by atoms with Crippen LogP contribution in [-0.4, -0.2) is 9.97 Å². The number of benzene rings is 7. The highest BCUT2D eigenvalue weighted by atomic mass is 16.5. The van der Waals surface area contributed by atoms with Crippen LogP contribution in [0.3, 0.4) is 0 Å². The van der Waals surface area contributed by atoms with Gasteiger partial charge < -0.3 is 4.74 Å². The van der Waals surface area contributed by atoms with Crippen LogP contribution in [0.2, 0.25) is 0 Å². The normalized spacial score (nSPS) is 19.2. The Morgan fingerprint density at radius 1 is 0.526 bits per heavy atom. The molecule has 0 saturated carbocycles. The maximum Gasteiger partial charge on any atom is 0.160 e.